The molecule has 0 amide bonds. The molecule has 0 bridgehead atoms. The number of rotatable bonds is 10. The fourth-order valence-corrected chi connectivity index (χ4v) is 1.36. The zero-order chi connectivity index (χ0) is 15.6. The Morgan fingerprint density at radius 1 is 0.750 bits per heavy atom. The van der Waals surface area contributed by atoms with E-state index < -0.39 is 0 Å². The first-order valence-corrected chi connectivity index (χ1v) is 7.39. The van der Waals surface area contributed by atoms with Gasteiger partial charge < -0.3 is 14.2 Å². The van der Waals surface area contributed by atoms with Gasteiger partial charge in [0.15, 0.2) is 0 Å². The van der Waals surface area contributed by atoms with Crippen molar-refractivity contribution in [2.75, 3.05) is 39.6 Å². The monoisotopic (exact) mass is 288 g/mol. The lowest BCUT2D eigenvalue weighted by molar-refractivity contribution is -0.127. The fraction of sp³-hybridized carbons (Fsp3) is 0.938. The van der Waals surface area contributed by atoms with Crippen LogP contribution in [-0.4, -0.2) is 45.4 Å². The molecule has 0 aromatic carbocycles. The van der Waals surface area contributed by atoms with Gasteiger partial charge in [-0.15, -0.1) is 0 Å². The molecule has 0 unspecified atom stereocenters. The van der Waals surface area contributed by atoms with Crippen LogP contribution in [-0.2, 0) is 19.0 Å². The second-order valence-corrected chi connectivity index (χ2v) is 7.26. The minimum Gasteiger partial charge on any atom is -0.379 e. The summed E-state index contributed by atoms with van der Waals surface area (Å²) in [4.78, 5) is 11.6. The van der Waals surface area contributed by atoms with E-state index in [4.69, 9.17) is 14.2 Å². The molecule has 0 fully saturated rings. The average molecular weight is 288 g/mol. The molecule has 0 rings (SSSR count). The first-order valence-electron chi connectivity index (χ1n) is 7.39. The lowest BCUT2D eigenvalue weighted by atomic mass is 9.89. The molecule has 0 spiro atoms. The van der Waals surface area contributed by atoms with Gasteiger partial charge in [-0.3, -0.25) is 4.79 Å². The van der Waals surface area contributed by atoms with Crippen LogP contribution in [0.2, 0.25) is 0 Å². The van der Waals surface area contributed by atoms with E-state index in [-0.39, 0.29) is 16.6 Å². The number of hydrogen-bond donors (Lipinski definition) is 0. The third-order valence-corrected chi connectivity index (χ3v) is 2.59. The number of carbonyl (C=O) groups is 1. The van der Waals surface area contributed by atoms with Crippen LogP contribution in [0.25, 0.3) is 0 Å². The van der Waals surface area contributed by atoms with E-state index in [9.17, 15) is 4.79 Å². The summed E-state index contributed by atoms with van der Waals surface area (Å²) < 4.78 is 16.2. The van der Waals surface area contributed by atoms with Crippen molar-refractivity contribution in [1.29, 1.82) is 0 Å². The minimum absolute atomic E-state index is 0.197. The lowest BCUT2D eigenvalue weighted by Gasteiger charge is -2.18. The Bertz CT molecular complexity index is 261. The quantitative estimate of drug-likeness (QED) is 0.579. The highest BCUT2D eigenvalue weighted by atomic mass is 16.5. The molecule has 0 aliphatic heterocycles. The first-order chi connectivity index (χ1) is 9.13. The Morgan fingerprint density at radius 2 is 1.20 bits per heavy atom. The minimum atomic E-state index is -0.274. The normalized spacial score (nSPS) is 12.7. The van der Waals surface area contributed by atoms with Crippen molar-refractivity contribution in [2.24, 2.45) is 10.8 Å². The van der Waals surface area contributed by atoms with Crippen molar-refractivity contribution in [3.63, 3.8) is 0 Å². The molecule has 0 aromatic heterocycles. The summed E-state index contributed by atoms with van der Waals surface area (Å²) >= 11 is 0. The van der Waals surface area contributed by atoms with E-state index in [2.05, 4.69) is 20.8 Å². The summed E-state index contributed by atoms with van der Waals surface area (Å²) in [5.41, 5.74) is -0.0764. The standard InChI is InChI=1S/C16H32O4/c1-15(2,3)13-20-12-11-19-10-9-18-8-7-14(17)16(4,5)6/h7-13H2,1-6H3. The molecule has 0 heterocycles. The van der Waals surface area contributed by atoms with Crippen LogP contribution < -0.4 is 0 Å². The molecule has 0 saturated carbocycles. The van der Waals surface area contributed by atoms with Crippen LogP contribution >= 0.6 is 0 Å². The number of ether oxygens (including phenoxy) is 3. The van der Waals surface area contributed by atoms with E-state index in [1.54, 1.807) is 0 Å². The largest absolute Gasteiger partial charge is 0.379 e. The highest BCUT2D eigenvalue weighted by Crippen LogP contribution is 2.16. The molecule has 0 N–H and O–H groups in total. The van der Waals surface area contributed by atoms with Gasteiger partial charge in [-0.05, 0) is 5.41 Å². The van der Waals surface area contributed by atoms with E-state index in [1.165, 1.54) is 0 Å². The van der Waals surface area contributed by atoms with Gasteiger partial charge in [0.2, 0.25) is 0 Å². The maximum atomic E-state index is 11.6. The maximum Gasteiger partial charge on any atom is 0.140 e. The van der Waals surface area contributed by atoms with E-state index in [1.807, 2.05) is 20.8 Å². The van der Waals surface area contributed by atoms with Gasteiger partial charge in [-0.25, -0.2) is 0 Å². The Balaban J connectivity index is 3.28. The second kappa shape index (κ2) is 9.48. The van der Waals surface area contributed by atoms with Crippen molar-refractivity contribution in [3.05, 3.63) is 0 Å². The predicted molar refractivity (Wildman–Crippen MR) is 81.0 cm³/mol. The van der Waals surface area contributed by atoms with Crippen LogP contribution in [0.5, 0.6) is 0 Å². The molecule has 4 heteroatoms. The van der Waals surface area contributed by atoms with Gasteiger partial charge in [-0.1, -0.05) is 41.5 Å². The smallest absolute Gasteiger partial charge is 0.140 e. The number of hydrogen-bond acceptors (Lipinski definition) is 4. The van der Waals surface area contributed by atoms with Crippen molar-refractivity contribution < 1.29 is 19.0 Å². The van der Waals surface area contributed by atoms with Crippen LogP contribution in [0.4, 0.5) is 0 Å². The van der Waals surface area contributed by atoms with Gasteiger partial charge in [0.05, 0.1) is 39.6 Å². The summed E-state index contributed by atoms with van der Waals surface area (Å²) in [6.07, 6.45) is 0.470. The van der Waals surface area contributed by atoms with Crippen LogP contribution in [0.1, 0.15) is 48.0 Å². The van der Waals surface area contributed by atoms with Gasteiger partial charge in [0.1, 0.15) is 5.78 Å². The molecule has 20 heavy (non-hydrogen) atoms. The Kier molecular flexibility index (Phi) is 9.27. The topological polar surface area (TPSA) is 44.8 Å². The third kappa shape index (κ3) is 12.6. The summed E-state index contributed by atoms with van der Waals surface area (Å²) in [5, 5.41) is 0. The van der Waals surface area contributed by atoms with Crippen LogP contribution in [0, 0.1) is 10.8 Å². The highest BCUT2D eigenvalue weighted by molar-refractivity contribution is 5.83. The summed E-state index contributed by atoms with van der Waals surface area (Å²) in [7, 11) is 0. The van der Waals surface area contributed by atoms with Gasteiger partial charge in [0, 0.05) is 11.8 Å². The molecule has 0 atom stereocenters. The van der Waals surface area contributed by atoms with Crippen molar-refractivity contribution >= 4 is 5.78 Å². The summed E-state index contributed by atoms with van der Waals surface area (Å²) in [6.45, 7) is 15.7. The van der Waals surface area contributed by atoms with E-state index >= 15 is 0 Å². The third-order valence-electron chi connectivity index (χ3n) is 2.59. The van der Waals surface area contributed by atoms with Crippen molar-refractivity contribution in [3.8, 4) is 0 Å². The summed E-state index contributed by atoms with van der Waals surface area (Å²) in [5.74, 6) is 0.231. The highest BCUT2D eigenvalue weighted by Gasteiger charge is 2.20. The van der Waals surface area contributed by atoms with Crippen LogP contribution in [0.3, 0.4) is 0 Å². The molecular formula is C16H32O4. The Morgan fingerprint density at radius 3 is 1.65 bits per heavy atom. The number of carbonyl (C=O) groups excluding carboxylic acids is 1. The number of Topliss-reactive ketones (excluding diaryl/α,β-unsaturated/α-hetero) is 1. The molecule has 0 radical (unpaired) electrons. The van der Waals surface area contributed by atoms with Crippen LogP contribution in [0.15, 0.2) is 0 Å². The molecule has 4 nitrogen and oxygen atoms in total. The van der Waals surface area contributed by atoms with Gasteiger partial charge >= 0.3 is 0 Å². The average Bonchev–Trinajstić information content (AvgIpc) is 2.28. The lowest BCUT2D eigenvalue weighted by Crippen LogP contribution is -2.22. The van der Waals surface area contributed by atoms with Gasteiger partial charge in [0.25, 0.3) is 0 Å². The zero-order valence-corrected chi connectivity index (χ0v) is 14.1. The zero-order valence-electron chi connectivity index (χ0n) is 14.1. The molecule has 0 aliphatic carbocycles. The molecule has 0 aliphatic rings. The van der Waals surface area contributed by atoms with E-state index in [0.29, 0.717) is 39.5 Å². The van der Waals surface area contributed by atoms with Crippen molar-refractivity contribution in [2.45, 2.75) is 48.0 Å². The number of ketones is 1. The SMILES string of the molecule is CC(C)(C)COCCOCCOCCC(=O)C(C)(C)C. The summed E-state index contributed by atoms with van der Waals surface area (Å²) in [6, 6.07) is 0. The molecule has 0 aromatic rings. The molecular weight excluding hydrogens is 256 g/mol. The van der Waals surface area contributed by atoms with E-state index in [0.717, 1.165) is 6.61 Å². The van der Waals surface area contributed by atoms with Gasteiger partial charge in [-0.2, -0.15) is 0 Å². The predicted octanol–water partition coefficient (Wildman–Crippen LogP) is 3.09. The van der Waals surface area contributed by atoms with Crippen molar-refractivity contribution in [1.82, 2.24) is 0 Å². The Hall–Kier alpha value is -0.450. The molecule has 0 saturated heterocycles. The maximum absolute atomic E-state index is 11.6. The second-order valence-electron chi connectivity index (χ2n) is 7.26. The Labute approximate surface area is 124 Å². The molecule has 120 valence electrons. The first kappa shape index (κ1) is 19.6. The fourth-order valence-electron chi connectivity index (χ4n) is 1.36.